The maximum absolute atomic E-state index is 12.8. The molecule has 0 aromatic heterocycles. The molecule has 1 rings (SSSR count). The molecule has 0 heterocycles. The SMILES string of the molecule is CNC(C)CCCc1cc(F)cc(F)c1. The van der Waals surface area contributed by atoms with E-state index in [-0.39, 0.29) is 0 Å². The van der Waals surface area contributed by atoms with Gasteiger partial charge < -0.3 is 5.32 Å². The molecule has 0 fully saturated rings. The highest BCUT2D eigenvalue weighted by molar-refractivity contribution is 5.17. The van der Waals surface area contributed by atoms with Gasteiger partial charge >= 0.3 is 0 Å². The van der Waals surface area contributed by atoms with Crippen molar-refractivity contribution in [2.24, 2.45) is 0 Å². The van der Waals surface area contributed by atoms with Gasteiger partial charge in [0.25, 0.3) is 0 Å². The summed E-state index contributed by atoms with van der Waals surface area (Å²) in [5, 5.41) is 3.13. The molecule has 15 heavy (non-hydrogen) atoms. The van der Waals surface area contributed by atoms with Crippen LogP contribution in [0.15, 0.2) is 18.2 Å². The molecule has 1 aromatic rings. The summed E-state index contributed by atoms with van der Waals surface area (Å²) in [7, 11) is 1.91. The Hall–Kier alpha value is -0.960. The topological polar surface area (TPSA) is 12.0 Å². The molecular formula is C12H17F2N. The largest absolute Gasteiger partial charge is 0.317 e. The van der Waals surface area contributed by atoms with Crippen molar-refractivity contribution < 1.29 is 8.78 Å². The molecule has 0 spiro atoms. The Bertz CT molecular complexity index is 292. The number of halogens is 2. The van der Waals surface area contributed by atoms with Crippen LogP contribution in [0.3, 0.4) is 0 Å². The Balaban J connectivity index is 2.43. The van der Waals surface area contributed by atoms with Gasteiger partial charge in [0, 0.05) is 12.1 Å². The Morgan fingerprint density at radius 1 is 1.20 bits per heavy atom. The third-order valence-corrected chi connectivity index (χ3v) is 2.52. The molecule has 3 heteroatoms. The zero-order valence-electron chi connectivity index (χ0n) is 9.19. The first-order valence-corrected chi connectivity index (χ1v) is 5.24. The molecule has 0 amide bonds. The molecule has 1 N–H and O–H groups in total. The Morgan fingerprint density at radius 2 is 1.80 bits per heavy atom. The van der Waals surface area contributed by atoms with Crippen molar-refractivity contribution >= 4 is 0 Å². The van der Waals surface area contributed by atoms with Crippen LogP contribution < -0.4 is 5.32 Å². The van der Waals surface area contributed by atoms with E-state index in [9.17, 15) is 8.78 Å². The van der Waals surface area contributed by atoms with Crippen LogP contribution in [0.25, 0.3) is 0 Å². The second-order valence-electron chi connectivity index (χ2n) is 3.86. The van der Waals surface area contributed by atoms with E-state index in [2.05, 4.69) is 12.2 Å². The van der Waals surface area contributed by atoms with Crippen LogP contribution in [-0.4, -0.2) is 13.1 Å². The van der Waals surface area contributed by atoms with Gasteiger partial charge in [0.2, 0.25) is 0 Å². The molecule has 0 aliphatic rings. The number of rotatable bonds is 5. The number of benzene rings is 1. The first-order chi connectivity index (χ1) is 7.11. The molecule has 84 valence electrons. The molecule has 0 aliphatic carbocycles. The zero-order valence-corrected chi connectivity index (χ0v) is 9.19. The fraction of sp³-hybridized carbons (Fsp3) is 0.500. The van der Waals surface area contributed by atoms with E-state index in [1.807, 2.05) is 7.05 Å². The van der Waals surface area contributed by atoms with Crippen LogP contribution in [0.5, 0.6) is 0 Å². The molecule has 0 aliphatic heterocycles. The normalized spacial score (nSPS) is 12.8. The van der Waals surface area contributed by atoms with Gasteiger partial charge in [-0.15, -0.1) is 0 Å². The molecule has 1 nitrogen and oxygen atoms in total. The van der Waals surface area contributed by atoms with Gasteiger partial charge in [-0.05, 0) is 50.9 Å². The summed E-state index contributed by atoms with van der Waals surface area (Å²) in [6.45, 7) is 2.09. The van der Waals surface area contributed by atoms with Gasteiger partial charge in [-0.1, -0.05) is 0 Å². The van der Waals surface area contributed by atoms with Crippen molar-refractivity contribution in [2.45, 2.75) is 32.2 Å². The number of aryl methyl sites for hydroxylation is 1. The van der Waals surface area contributed by atoms with Crippen molar-refractivity contribution in [3.63, 3.8) is 0 Å². The van der Waals surface area contributed by atoms with E-state index in [1.165, 1.54) is 12.1 Å². The fourth-order valence-corrected chi connectivity index (χ4v) is 1.51. The van der Waals surface area contributed by atoms with Crippen LogP contribution in [0.4, 0.5) is 8.78 Å². The highest BCUT2D eigenvalue weighted by Crippen LogP contribution is 2.11. The van der Waals surface area contributed by atoms with Crippen LogP contribution in [0, 0.1) is 11.6 Å². The monoisotopic (exact) mass is 213 g/mol. The van der Waals surface area contributed by atoms with Crippen LogP contribution in [0.1, 0.15) is 25.3 Å². The molecule has 0 radical (unpaired) electrons. The van der Waals surface area contributed by atoms with E-state index in [1.54, 1.807) is 0 Å². The lowest BCUT2D eigenvalue weighted by molar-refractivity contribution is 0.538. The summed E-state index contributed by atoms with van der Waals surface area (Å²) < 4.78 is 25.7. The van der Waals surface area contributed by atoms with Gasteiger partial charge in [-0.2, -0.15) is 0 Å². The maximum Gasteiger partial charge on any atom is 0.126 e. The summed E-state index contributed by atoms with van der Waals surface area (Å²) in [5.41, 5.74) is 0.732. The summed E-state index contributed by atoms with van der Waals surface area (Å²) in [5.74, 6) is -0.988. The molecule has 1 unspecified atom stereocenters. The first kappa shape index (κ1) is 12.1. The van der Waals surface area contributed by atoms with Crippen molar-refractivity contribution in [3.05, 3.63) is 35.4 Å². The smallest absolute Gasteiger partial charge is 0.126 e. The Labute approximate surface area is 89.5 Å². The molecule has 0 bridgehead atoms. The quantitative estimate of drug-likeness (QED) is 0.793. The second kappa shape index (κ2) is 5.81. The minimum Gasteiger partial charge on any atom is -0.317 e. The minimum absolute atomic E-state index is 0.448. The van der Waals surface area contributed by atoms with Gasteiger partial charge in [0.05, 0.1) is 0 Å². The lowest BCUT2D eigenvalue weighted by atomic mass is 10.1. The predicted molar refractivity (Wildman–Crippen MR) is 57.8 cm³/mol. The van der Waals surface area contributed by atoms with Gasteiger partial charge in [0.15, 0.2) is 0 Å². The predicted octanol–water partition coefficient (Wildman–Crippen LogP) is 2.90. The highest BCUT2D eigenvalue weighted by Gasteiger charge is 2.02. The summed E-state index contributed by atoms with van der Waals surface area (Å²) in [6.07, 6.45) is 2.67. The fourth-order valence-electron chi connectivity index (χ4n) is 1.51. The van der Waals surface area contributed by atoms with Crippen molar-refractivity contribution in [1.29, 1.82) is 0 Å². The second-order valence-corrected chi connectivity index (χ2v) is 3.86. The maximum atomic E-state index is 12.8. The minimum atomic E-state index is -0.494. The molecule has 0 saturated heterocycles. The Kier molecular flexibility index (Phi) is 4.69. The molecule has 0 saturated carbocycles. The van der Waals surface area contributed by atoms with Crippen LogP contribution >= 0.6 is 0 Å². The van der Waals surface area contributed by atoms with E-state index in [0.29, 0.717) is 6.04 Å². The van der Waals surface area contributed by atoms with Crippen LogP contribution in [-0.2, 0) is 6.42 Å². The van der Waals surface area contributed by atoms with E-state index >= 15 is 0 Å². The standard InChI is InChI=1S/C12H17F2N/c1-9(15-2)4-3-5-10-6-11(13)8-12(14)7-10/h6-9,15H,3-5H2,1-2H3. The zero-order chi connectivity index (χ0) is 11.3. The average Bonchev–Trinajstić information content (AvgIpc) is 2.16. The molecular weight excluding hydrogens is 196 g/mol. The van der Waals surface area contributed by atoms with Gasteiger partial charge in [-0.25, -0.2) is 8.78 Å². The van der Waals surface area contributed by atoms with Crippen molar-refractivity contribution in [3.8, 4) is 0 Å². The summed E-state index contributed by atoms with van der Waals surface area (Å²) in [6, 6.07) is 4.14. The average molecular weight is 213 g/mol. The van der Waals surface area contributed by atoms with Crippen LogP contribution in [0.2, 0.25) is 0 Å². The highest BCUT2D eigenvalue weighted by atomic mass is 19.1. The Morgan fingerprint density at radius 3 is 2.33 bits per heavy atom. The van der Waals surface area contributed by atoms with Gasteiger partial charge in [-0.3, -0.25) is 0 Å². The van der Waals surface area contributed by atoms with Crippen molar-refractivity contribution in [1.82, 2.24) is 5.32 Å². The molecule has 1 aromatic carbocycles. The number of hydrogen-bond acceptors (Lipinski definition) is 1. The van der Waals surface area contributed by atoms with E-state index in [0.717, 1.165) is 30.9 Å². The summed E-state index contributed by atoms with van der Waals surface area (Å²) in [4.78, 5) is 0. The third-order valence-electron chi connectivity index (χ3n) is 2.52. The lowest BCUT2D eigenvalue weighted by Crippen LogP contribution is -2.20. The molecule has 1 atom stereocenters. The van der Waals surface area contributed by atoms with E-state index in [4.69, 9.17) is 0 Å². The van der Waals surface area contributed by atoms with E-state index < -0.39 is 11.6 Å². The first-order valence-electron chi connectivity index (χ1n) is 5.24. The third kappa shape index (κ3) is 4.38. The van der Waals surface area contributed by atoms with Crippen molar-refractivity contribution in [2.75, 3.05) is 7.05 Å². The summed E-state index contributed by atoms with van der Waals surface area (Å²) >= 11 is 0. The lowest BCUT2D eigenvalue weighted by Gasteiger charge is -2.09. The van der Waals surface area contributed by atoms with Gasteiger partial charge in [0.1, 0.15) is 11.6 Å². The number of hydrogen-bond donors (Lipinski definition) is 1. The number of nitrogens with one attached hydrogen (secondary N) is 1.